The first-order valence-electron chi connectivity index (χ1n) is 10.3. The van der Waals surface area contributed by atoms with E-state index in [-0.39, 0.29) is 5.91 Å². The molecule has 1 aliphatic heterocycles. The van der Waals surface area contributed by atoms with Crippen molar-refractivity contribution in [2.75, 3.05) is 36.7 Å². The summed E-state index contributed by atoms with van der Waals surface area (Å²) >= 11 is 0. The van der Waals surface area contributed by atoms with Crippen molar-refractivity contribution in [1.29, 1.82) is 0 Å². The third-order valence-corrected chi connectivity index (χ3v) is 6.68. The molecular weight excluding hydrogens is 374 g/mol. The van der Waals surface area contributed by atoms with Gasteiger partial charge in [-0.1, -0.05) is 25.8 Å². The molecule has 1 heterocycles. The number of anilines is 1. The van der Waals surface area contributed by atoms with Gasteiger partial charge in [0.1, 0.15) is 6.04 Å². The molecule has 0 spiro atoms. The zero-order valence-corrected chi connectivity index (χ0v) is 18.5. The zero-order chi connectivity index (χ0) is 20.7. The maximum atomic E-state index is 12.9. The fourth-order valence-electron chi connectivity index (χ4n) is 3.74. The SMILES string of the molecule is CCC(C(=O)NCCN1CCCCCC1)N(c1ccc(C)c(C)c1)S(C)(=O)=O. The van der Waals surface area contributed by atoms with Crippen LogP contribution >= 0.6 is 0 Å². The van der Waals surface area contributed by atoms with Gasteiger partial charge in [0.05, 0.1) is 11.9 Å². The van der Waals surface area contributed by atoms with E-state index in [0.29, 0.717) is 18.7 Å². The van der Waals surface area contributed by atoms with E-state index in [9.17, 15) is 13.2 Å². The smallest absolute Gasteiger partial charge is 0.243 e. The summed E-state index contributed by atoms with van der Waals surface area (Å²) in [6, 6.07) is 4.76. The molecule has 1 saturated heterocycles. The molecule has 2 rings (SSSR count). The molecule has 1 aliphatic rings. The second-order valence-electron chi connectivity index (χ2n) is 7.80. The van der Waals surface area contributed by atoms with Gasteiger partial charge < -0.3 is 10.2 Å². The summed E-state index contributed by atoms with van der Waals surface area (Å²) in [6.07, 6.45) is 6.55. The van der Waals surface area contributed by atoms with Crippen LogP contribution in [0.15, 0.2) is 18.2 Å². The number of likely N-dealkylation sites (tertiary alicyclic amines) is 1. The molecule has 1 fully saturated rings. The molecule has 1 aromatic rings. The molecule has 1 unspecified atom stereocenters. The van der Waals surface area contributed by atoms with Gasteiger partial charge in [-0.15, -0.1) is 0 Å². The maximum absolute atomic E-state index is 12.9. The molecule has 1 amide bonds. The Morgan fingerprint density at radius 2 is 1.79 bits per heavy atom. The molecule has 7 heteroatoms. The zero-order valence-electron chi connectivity index (χ0n) is 17.7. The number of amides is 1. The number of aryl methyl sites for hydroxylation is 2. The standard InChI is InChI=1S/C21H35N3O3S/c1-5-20(21(25)22-12-15-23-13-8-6-7-9-14-23)24(28(4,26)27)19-11-10-17(2)18(3)16-19/h10-11,16,20H,5-9,12-15H2,1-4H3,(H,22,25). The molecule has 0 aromatic heterocycles. The van der Waals surface area contributed by atoms with Gasteiger partial charge in [0.2, 0.25) is 15.9 Å². The fourth-order valence-corrected chi connectivity index (χ4v) is 4.94. The maximum Gasteiger partial charge on any atom is 0.243 e. The molecule has 0 bridgehead atoms. The summed E-state index contributed by atoms with van der Waals surface area (Å²) in [5, 5.41) is 2.96. The predicted molar refractivity (Wildman–Crippen MR) is 115 cm³/mol. The Kier molecular flexibility index (Phi) is 8.31. The van der Waals surface area contributed by atoms with Gasteiger partial charge in [0, 0.05) is 13.1 Å². The largest absolute Gasteiger partial charge is 0.353 e. The number of nitrogens with zero attached hydrogens (tertiary/aromatic N) is 2. The number of carbonyl (C=O) groups excluding carboxylic acids is 1. The number of sulfonamides is 1. The Bertz CT molecular complexity index is 756. The highest BCUT2D eigenvalue weighted by atomic mass is 32.2. The van der Waals surface area contributed by atoms with E-state index in [1.807, 2.05) is 32.9 Å². The van der Waals surface area contributed by atoms with Crippen LogP contribution in [0.1, 0.15) is 50.2 Å². The molecule has 1 aromatic carbocycles. The second kappa shape index (κ2) is 10.3. The Morgan fingerprint density at radius 3 is 2.32 bits per heavy atom. The van der Waals surface area contributed by atoms with Crippen molar-refractivity contribution >= 4 is 21.6 Å². The summed E-state index contributed by atoms with van der Waals surface area (Å²) in [4.78, 5) is 15.2. The molecule has 158 valence electrons. The van der Waals surface area contributed by atoms with Gasteiger partial charge in [0.25, 0.3) is 0 Å². The number of benzene rings is 1. The van der Waals surface area contributed by atoms with Gasteiger partial charge in [-0.05, 0) is 69.5 Å². The van der Waals surface area contributed by atoms with Crippen LogP contribution in [0.2, 0.25) is 0 Å². The summed E-state index contributed by atoms with van der Waals surface area (Å²) in [5.41, 5.74) is 2.63. The highest BCUT2D eigenvalue weighted by molar-refractivity contribution is 7.92. The molecule has 0 radical (unpaired) electrons. The average Bonchev–Trinajstić information content (AvgIpc) is 2.90. The highest BCUT2D eigenvalue weighted by Gasteiger charge is 2.31. The summed E-state index contributed by atoms with van der Waals surface area (Å²) in [6.45, 7) is 9.28. The minimum absolute atomic E-state index is 0.235. The summed E-state index contributed by atoms with van der Waals surface area (Å²) < 4.78 is 26.3. The van der Waals surface area contributed by atoms with Gasteiger partial charge in [-0.25, -0.2) is 8.42 Å². The van der Waals surface area contributed by atoms with Gasteiger partial charge in [0.15, 0.2) is 0 Å². The third kappa shape index (κ3) is 6.21. The van der Waals surface area contributed by atoms with E-state index < -0.39 is 16.1 Å². The lowest BCUT2D eigenvalue weighted by molar-refractivity contribution is -0.122. The van der Waals surface area contributed by atoms with E-state index in [4.69, 9.17) is 0 Å². The Balaban J connectivity index is 2.09. The number of hydrogen-bond acceptors (Lipinski definition) is 4. The van der Waals surface area contributed by atoms with Crippen molar-refractivity contribution in [1.82, 2.24) is 10.2 Å². The van der Waals surface area contributed by atoms with Gasteiger partial charge in [-0.2, -0.15) is 0 Å². The molecular formula is C21H35N3O3S. The van der Waals surface area contributed by atoms with Gasteiger partial charge >= 0.3 is 0 Å². The van der Waals surface area contributed by atoms with Crippen molar-refractivity contribution in [2.45, 2.75) is 58.9 Å². The lowest BCUT2D eigenvalue weighted by Gasteiger charge is -2.31. The van der Waals surface area contributed by atoms with E-state index in [0.717, 1.165) is 37.0 Å². The molecule has 6 nitrogen and oxygen atoms in total. The van der Waals surface area contributed by atoms with Crippen LogP contribution < -0.4 is 9.62 Å². The Labute approximate surface area is 170 Å². The molecule has 0 aliphatic carbocycles. The van der Waals surface area contributed by atoms with E-state index in [1.165, 1.54) is 30.0 Å². The number of carbonyl (C=O) groups is 1. The monoisotopic (exact) mass is 409 g/mol. The Hall–Kier alpha value is -1.60. The van der Waals surface area contributed by atoms with Crippen molar-refractivity contribution in [2.24, 2.45) is 0 Å². The summed E-state index contributed by atoms with van der Waals surface area (Å²) in [7, 11) is -3.59. The first-order chi connectivity index (χ1) is 13.2. The first kappa shape index (κ1) is 22.7. The number of rotatable bonds is 8. The molecule has 0 saturated carbocycles. The second-order valence-corrected chi connectivity index (χ2v) is 9.66. The van der Waals surface area contributed by atoms with Crippen LogP contribution in [-0.4, -0.2) is 57.7 Å². The van der Waals surface area contributed by atoms with E-state index in [1.54, 1.807) is 6.07 Å². The number of hydrogen-bond donors (Lipinski definition) is 1. The lowest BCUT2D eigenvalue weighted by atomic mass is 10.1. The third-order valence-electron chi connectivity index (χ3n) is 5.50. The van der Waals surface area contributed by atoms with Crippen molar-refractivity contribution in [3.05, 3.63) is 29.3 Å². The average molecular weight is 410 g/mol. The number of nitrogens with one attached hydrogen (secondary N) is 1. The van der Waals surface area contributed by atoms with Crippen LogP contribution in [0.3, 0.4) is 0 Å². The minimum Gasteiger partial charge on any atom is -0.353 e. The topological polar surface area (TPSA) is 69.7 Å². The fraction of sp³-hybridized carbons (Fsp3) is 0.667. The summed E-state index contributed by atoms with van der Waals surface area (Å²) in [5.74, 6) is -0.235. The van der Waals surface area contributed by atoms with Crippen LogP contribution in [-0.2, 0) is 14.8 Å². The van der Waals surface area contributed by atoms with E-state index >= 15 is 0 Å². The van der Waals surface area contributed by atoms with Crippen molar-refractivity contribution in [3.63, 3.8) is 0 Å². The first-order valence-corrected chi connectivity index (χ1v) is 12.2. The molecule has 1 atom stereocenters. The van der Waals surface area contributed by atoms with Crippen molar-refractivity contribution in [3.8, 4) is 0 Å². The normalized spacial score (nSPS) is 17.0. The molecule has 1 N–H and O–H groups in total. The van der Waals surface area contributed by atoms with Crippen LogP contribution in [0, 0.1) is 13.8 Å². The Morgan fingerprint density at radius 1 is 1.14 bits per heavy atom. The minimum atomic E-state index is -3.59. The predicted octanol–water partition coefficient (Wildman–Crippen LogP) is 2.84. The van der Waals surface area contributed by atoms with Crippen LogP contribution in [0.4, 0.5) is 5.69 Å². The van der Waals surface area contributed by atoms with Crippen LogP contribution in [0.25, 0.3) is 0 Å². The van der Waals surface area contributed by atoms with Gasteiger partial charge in [-0.3, -0.25) is 9.10 Å². The lowest BCUT2D eigenvalue weighted by Crippen LogP contribution is -2.50. The van der Waals surface area contributed by atoms with Crippen LogP contribution in [0.5, 0.6) is 0 Å². The van der Waals surface area contributed by atoms with E-state index in [2.05, 4.69) is 10.2 Å². The molecule has 28 heavy (non-hydrogen) atoms. The quantitative estimate of drug-likeness (QED) is 0.717. The highest BCUT2D eigenvalue weighted by Crippen LogP contribution is 2.25. The van der Waals surface area contributed by atoms with Crippen molar-refractivity contribution < 1.29 is 13.2 Å².